The Labute approximate surface area is 133 Å². The number of fused-ring (bicyclic) bond motifs is 4. The third-order valence-corrected chi connectivity index (χ3v) is 8.61. The molecule has 0 radical (unpaired) electrons. The molecule has 1 saturated carbocycles. The second-order valence-corrected chi connectivity index (χ2v) is 9.61. The van der Waals surface area contributed by atoms with Crippen LogP contribution in [0.15, 0.2) is 46.4 Å². The van der Waals surface area contributed by atoms with Gasteiger partial charge in [-0.1, -0.05) is 43.2 Å². The first-order valence-corrected chi connectivity index (χ1v) is 10.1. The van der Waals surface area contributed by atoms with Gasteiger partial charge in [-0.2, -0.15) is 0 Å². The summed E-state index contributed by atoms with van der Waals surface area (Å²) in [6, 6.07) is 9.02. The SMILES string of the molecule is C[C@@H]1C2=C([C@@H]3CC[C@@H]2C3)[C@@H](C)C[C@@H]1S(=O)(=O)c1ccccc1. The minimum atomic E-state index is -3.23. The lowest BCUT2D eigenvalue weighted by Crippen LogP contribution is -2.37. The molecule has 22 heavy (non-hydrogen) atoms. The number of sulfone groups is 1. The number of rotatable bonds is 2. The van der Waals surface area contributed by atoms with Crippen molar-refractivity contribution in [3.8, 4) is 0 Å². The van der Waals surface area contributed by atoms with E-state index in [0.717, 1.165) is 12.3 Å². The minimum absolute atomic E-state index is 0.187. The van der Waals surface area contributed by atoms with Crippen LogP contribution < -0.4 is 0 Å². The number of hydrogen-bond donors (Lipinski definition) is 0. The Morgan fingerprint density at radius 3 is 2.23 bits per heavy atom. The molecule has 118 valence electrons. The van der Waals surface area contributed by atoms with E-state index in [4.69, 9.17) is 0 Å². The predicted molar refractivity (Wildman–Crippen MR) is 88.2 cm³/mol. The number of allylic oxidation sites excluding steroid dienone is 2. The normalized spacial score (nSPS) is 37.5. The molecule has 0 aromatic heterocycles. The molecule has 0 amide bonds. The molecule has 0 spiro atoms. The maximum atomic E-state index is 13.1. The molecule has 1 fully saturated rings. The van der Waals surface area contributed by atoms with E-state index in [9.17, 15) is 8.42 Å². The van der Waals surface area contributed by atoms with Crippen LogP contribution in [0, 0.1) is 23.7 Å². The Morgan fingerprint density at radius 2 is 1.55 bits per heavy atom. The Morgan fingerprint density at radius 1 is 0.909 bits per heavy atom. The van der Waals surface area contributed by atoms with Gasteiger partial charge in [-0.15, -0.1) is 0 Å². The molecule has 2 bridgehead atoms. The minimum Gasteiger partial charge on any atom is -0.223 e. The van der Waals surface area contributed by atoms with E-state index in [1.807, 2.05) is 18.2 Å². The topological polar surface area (TPSA) is 34.1 Å². The predicted octanol–water partition coefficient (Wildman–Crippen LogP) is 4.23. The first kappa shape index (κ1) is 14.5. The molecule has 5 atom stereocenters. The van der Waals surface area contributed by atoms with Crippen molar-refractivity contribution in [2.24, 2.45) is 23.7 Å². The van der Waals surface area contributed by atoms with Crippen molar-refractivity contribution in [1.82, 2.24) is 0 Å². The molecule has 2 nitrogen and oxygen atoms in total. The molecule has 1 aromatic rings. The van der Waals surface area contributed by atoms with Gasteiger partial charge >= 0.3 is 0 Å². The highest BCUT2D eigenvalue weighted by Gasteiger charge is 2.49. The van der Waals surface area contributed by atoms with E-state index in [-0.39, 0.29) is 11.2 Å². The second-order valence-electron chi connectivity index (χ2n) is 7.44. The van der Waals surface area contributed by atoms with Gasteiger partial charge in [0, 0.05) is 0 Å². The summed E-state index contributed by atoms with van der Waals surface area (Å²) in [5, 5.41) is -0.247. The average molecular weight is 316 g/mol. The van der Waals surface area contributed by atoms with Crippen LogP contribution in [0.4, 0.5) is 0 Å². The van der Waals surface area contributed by atoms with Crippen molar-refractivity contribution >= 4 is 9.84 Å². The molecule has 0 N–H and O–H groups in total. The van der Waals surface area contributed by atoms with E-state index in [0.29, 0.717) is 16.7 Å². The van der Waals surface area contributed by atoms with Gasteiger partial charge in [-0.25, -0.2) is 8.42 Å². The van der Waals surface area contributed by atoms with Crippen LogP contribution in [0.25, 0.3) is 0 Å². The summed E-state index contributed by atoms with van der Waals surface area (Å²) in [6.07, 6.45) is 4.69. The van der Waals surface area contributed by atoms with E-state index in [1.54, 1.807) is 17.7 Å². The lowest BCUT2D eigenvalue weighted by Gasteiger charge is -2.39. The Hall–Kier alpha value is -1.09. The monoisotopic (exact) mass is 316 g/mol. The zero-order valence-corrected chi connectivity index (χ0v) is 14.1. The van der Waals surface area contributed by atoms with Crippen LogP contribution in [0.1, 0.15) is 39.5 Å². The molecule has 0 heterocycles. The Kier molecular flexibility index (Phi) is 3.26. The fourth-order valence-corrected chi connectivity index (χ4v) is 7.51. The van der Waals surface area contributed by atoms with Crippen molar-refractivity contribution in [2.75, 3.05) is 0 Å². The zero-order valence-electron chi connectivity index (χ0n) is 13.3. The van der Waals surface area contributed by atoms with Gasteiger partial charge in [0.25, 0.3) is 0 Å². The summed E-state index contributed by atoms with van der Waals surface area (Å²) < 4.78 is 26.2. The van der Waals surface area contributed by atoms with Crippen molar-refractivity contribution in [1.29, 1.82) is 0 Å². The van der Waals surface area contributed by atoms with E-state index >= 15 is 0 Å². The quantitative estimate of drug-likeness (QED) is 0.765. The molecule has 3 aliphatic carbocycles. The highest BCUT2D eigenvalue weighted by atomic mass is 32.2. The van der Waals surface area contributed by atoms with Crippen LogP contribution in [-0.2, 0) is 9.84 Å². The van der Waals surface area contributed by atoms with Crippen molar-refractivity contribution in [3.05, 3.63) is 41.5 Å². The van der Waals surface area contributed by atoms with Gasteiger partial charge in [0.05, 0.1) is 10.1 Å². The molecule has 0 saturated heterocycles. The molecule has 0 aliphatic heterocycles. The number of benzene rings is 1. The van der Waals surface area contributed by atoms with Gasteiger partial charge in [-0.05, 0) is 61.5 Å². The molecule has 3 aliphatic rings. The van der Waals surface area contributed by atoms with Gasteiger partial charge in [0.2, 0.25) is 0 Å². The summed E-state index contributed by atoms with van der Waals surface area (Å²) in [7, 11) is -3.23. The third kappa shape index (κ3) is 1.94. The molecular weight excluding hydrogens is 292 g/mol. The van der Waals surface area contributed by atoms with Crippen LogP contribution in [0.5, 0.6) is 0 Å². The third-order valence-electron chi connectivity index (χ3n) is 6.28. The fourth-order valence-electron chi connectivity index (χ4n) is 5.40. The van der Waals surface area contributed by atoms with Crippen molar-refractivity contribution < 1.29 is 8.42 Å². The van der Waals surface area contributed by atoms with Gasteiger partial charge in [0.15, 0.2) is 9.84 Å². The number of hydrogen-bond acceptors (Lipinski definition) is 2. The lowest BCUT2D eigenvalue weighted by atomic mass is 9.72. The largest absolute Gasteiger partial charge is 0.223 e. The smallest absolute Gasteiger partial charge is 0.181 e. The van der Waals surface area contributed by atoms with E-state index in [1.165, 1.54) is 24.8 Å². The summed E-state index contributed by atoms with van der Waals surface area (Å²) in [6.45, 7) is 4.41. The van der Waals surface area contributed by atoms with Gasteiger partial charge in [-0.3, -0.25) is 0 Å². The zero-order chi connectivity index (χ0) is 15.5. The van der Waals surface area contributed by atoms with Crippen molar-refractivity contribution in [3.63, 3.8) is 0 Å². The highest BCUT2D eigenvalue weighted by molar-refractivity contribution is 7.92. The molecule has 3 heteroatoms. The second kappa shape index (κ2) is 4.95. The van der Waals surface area contributed by atoms with Crippen LogP contribution in [0.3, 0.4) is 0 Å². The standard InChI is InChI=1S/C19H24O2S/c1-12-10-17(22(20,21)16-6-4-3-5-7-16)13(2)19-15-9-8-14(11-15)18(12)19/h3-7,12-15,17H,8-11H2,1-2H3/t12-,13-,14+,15+,17-/m0/s1. The highest BCUT2D eigenvalue weighted by Crippen LogP contribution is 2.57. The maximum Gasteiger partial charge on any atom is 0.181 e. The van der Waals surface area contributed by atoms with Crippen LogP contribution in [0.2, 0.25) is 0 Å². The summed E-state index contributed by atoms with van der Waals surface area (Å²) in [5.41, 5.74) is 3.17. The molecule has 0 unspecified atom stereocenters. The fraction of sp³-hybridized carbons (Fsp3) is 0.579. The summed E-state index contributed by atoms with van der Waals surface area (Å²) in [5.74, 6) is 2.06. The first-order valence-electron chi connectivity index (χ1n) is 8.53. The average Bonchev–Trinajstić information content (AvgIpc) is 3.13. The van der Waals surface area contributed by atoms with Gasteiger partial charge < -0.3 is 0 Å². The maximum absolute atomic E-state index is 13.1. The molecular formula is C19H24O2S. The first-order chi connectivity index (χ1) is 10.5. The van der Waals surface area contributed by atoms with Crippen LogP contribution >= 0.6 is 0 Å². The Balaban J connectivity index is 1.75. The molecule has 1 aromatic carbocycles. The van der Waals surface area contributed by atoms with Crippen LogP contribution in [-0.4, -0.2) is 13.7 Å². The van der Waals surface area contributed by atoms with Crippen molar-refractivity contribution in [2.45, 2.75) is 49.7 Å². The van der Waals surface area contributed by atoms with E-state index in [2.05, 4.69) is 13.8 Å². The Bertz CT molecular complexity index is 717. The molecule has 4 rings (SSSR count). The summed E-state index contributed by atoms with van der Waals surface area (Å²) in [4.78, 5) is 0.492. The lowest BCUT2D eigenvalue weighted by molar-refractivity contribution is 0.394. The van der Waals surface area contributed by atoms with E-state index < -0.39 is 9.84 Å². The van der Waals surface area contributed by atoms with Gasteiger partial charge in [0.1, 0.15) is 0 Å². The summed E-state index contributed by atoms with van der Waals surface area (Å²) >= 11 is 0.